The zero-order valence-corrected chi connectivity index (χ0v) is 16.8. The van der Waals surface area contributed by atoms with Crippen molar-refractivity contribution in [1.82, 2.24) is 4.90 Å². The van der Waals surface area contributed by atoms with Crippen molar-refractivity contribution in [3.05, 3.63) is 12.2 Å². The van der Waals surface area contributed by atoms with Crippen molar-refractivity contribution in [2.24, 2.45) is 0 Å². The fraction of sp³-hybridized carbons (Fsp3) is 0.737. The van der Waals surface area contributed by atoms with E-state index in [9.17, 15) is 14.4 Å². The van der Waals surface area contributed by atoms with Gasteiger partial charge >= 0.3 is 5.97 Å². The Bertz CT molecular complexity index is 728. The third-order valence-corrected chi connectivity index (χ3v) is 5.10. The predicted molar refractivity (Wildman–Crippen MR) is 94.0 cm³/mol. The SMILES string of the molecule is CC1(C)OC2OC(COC(=O)CCN3C(=O)C=CC3=O)C3OC(C)(C)OC3C2O1. The van der Waals surface area contributed by atoms with Gasteiger partial charge in [0.25, 0.3) is 11.8 Å². The molecule has 10 nitrogen and oxygen atoms in total. The van der Waals surface area contributed by atoms with Crippen molar-refractivity contribution >= 4 is 17.8 Å². The van der Waals surface area contributed by atoms with Gasteiger partial charge < -0.3 is 28.4 Å². The van der Waals surface area contributed by atoms with Crippen LogP contribution in [0.2, 0.25) is 0 Å². The van der Waals surface area contributed by atoms with Crippen LogP contribution in [0.1, 0.15) is 34.1 Å². The number of hydrogen-bond donors (Lipinski definition) is 0. The molecule has 2 amide bonds. The summed E-state index contributed by atoms with van der Waals surface area (Å²) in [5, 5.41) is 0. The summed E-state index contributed by atoms with van der Waals surface area (Å²) >= 11 is 0. The minimum absolute atomic E-state index is 0.0381. The molecule has 0 aromatic carbocycles. The van der Waals surface area contributed by atoms with Crippen LogP contribution < -0.4 is 0 Å². The van der Waals surface area contributed by atoms with E-state index in [0.29, 0.717) is 0 Å². The lowest BCUT2D eigenvalue weighted by Crippen LogP contribution is -2.56. The second-order valence-corrected chi connectivity index (χ2v) is 8.30. The van der Waals surface area contributed by atoms with Gasteiger partial charge in [0.2, 0.25) is 0 Å². The lowest BCUT2D eigenvalue weighted by Gasteiger charge is -2.36. The molecule has 0 N–H and O–H groups in total. The largest absolute Gasteiger partial charge is 0.463 e. The first-order chi connectivity index (χ1) is 13.5. The van der Waals surface area contributed by atoms with E-state index < -0.39 is 60.1 Å². The maximum Gasteiger partial charge on any atom is 0.307 e. The van der Waals surface area contributed by atoms with Gasteiger partial charge in [-0.2, -0.15) is 0 Å². The normalized spacial score (nSPS) is 37.0. The van der Waals surface area contributed by atoms with Crippen molar-refractivity contribution in [3.8, 4) is 0 Å². The molecule has 0 radical (unpaired) electrons. The molecule has 3 fully saturated rings. The Balaban J connectivity index is 1.35. The van der Waals surface area contributed by atoms with Gasteiger partial charge in [-0.3, -0.25) is 19.3 Å². The van der Waals surface area contributed by atoms with Crippen LogP contribution in [0, 0.1) is 0 Å². The highest BCUT2D eigenvalue weighted by atomic mass is 16.9. The number of rotatable bonds is 5. The molecule has 0 aliphatic carbocycles. The average molecular weight is 411 g/mol. The van der Waals surface area contributed by atoms with E-state index in [1.54, 1.807) is 27.7 Å². The fourth-order valence-corrected chi connectivity index (χ4v) is 3.93. The van der Waals surface area contributed by atoms with Gasteiger partial charge in [0.15, 0.2) is 17.9 Å². The molecule has 10 heteroatoms. The molecule has 29 heavy (non-hydrogen) atoms. The molecular weight excluding hydrogens is 386 g/mol. The average Bonchev–Trinajstić information content (AvgIpc) is 3.22. The zero-order chi connectivity index (χ0) is 21.0. The number of esters is 1. The fourth-order valence-electron chi connectivity index (χ4n) is 3.93. The van der Waals surface area contributed by atoms with Gasteiger partial charge in [-0.05, 0) is 27.7 Å². The Labute approximate surface area is 168 Å². The van der Waals surface area contributed by atoms with Crippen LogP contribution >= 0.6 is 0 Å². The van der Waals surface area contributed by atoms with Gasteiger partial charge in [0.1, 0.15) is 31.0 Å². The smallest absolute Gasteiger partial charge is 0.307 e. The van der Waals surface area contributed by atoms with Gasteiger partial charge in [-0.25, -0.2) is 0 Å². The van der Waals surface area contributed by atoms with Gasteiger partial charge in [0, 0.05) is 18.7 Å². The number of imide groups is 1. The molecule has 3 saturated heterocycles. The molecule has 4 aliphatic heterocycles. The number of carbonyl (C=O) groups excluding carboxylic acids is 3. The van der Waals surface area contributed by atoms with E-state index in [2.05, 4.69) is 0 Å². The van der Waals surface area contributed by atoms with Crippen LogP contribution in [0.3, 0.4) is 0 Å². The molecule has 4 aliphatic rings. The summed E-state index contributed by atoms with van der Waals surface area (Å²) in [5.41, 5.74) is 0. The summed E-state index contributed by atoms with van der Waals surface area (Å²) in [6.07, 6.45) is -0.429. The standard InChI is InChI=1S/C19H25NO9/c1-18(2)26-14-10(25-17-16(15(14)27-18)28-19(3,4)29-17)9-24-13(23)7-8-20-11(21)5-6-12(20)22/h5-6,10,14-17H,7-9H2,1-4H3. The topological polar surface area (TPSA) is 110 Å². The lowest BCUT2D eigenvalue weighted by atomic mass is 9.99. The van der Waals surface area contributed by atoms with Crippen molar-refractivity contribution in [2.75, 3.05) is 13.2 Å². The van der Waals surface area contributed by atoms with Gasteiger partial charge in [-0.1, -0.05) is 0 Å². The highest BCUT2D eigenvalue weighted by Crippen LogP contribution is 2.44. The Hall–Kier alpha value is -1.85. The first-order valence-electron chi connectivity index (χ1n) is 9.61. The van der Waals surface area contributed by atoms with Crippen molar-refractivity contribution < 1.29 is 42.8 Å². The van der Waals surface area contributed by atoms with E-state index >= 15 is 0 Å². The van der Waals surface area contributed by atoms with Crippen molar-refractivity contribution in [2.45, 2.75) is 76.4 Å². The van der Waals surface area contributed by atoms with Crippen molar-refractivity contribution in [3.63, 3.8) is 0 Å². The van der Waals surface area contributed by atoms with E-state index in [0.717, 1.165) is 4.90 Å². The Morgan fingerprint density at radius 1 is 0.966 bits per heavy atom. The van der Waals surface area contributed by atoms with Crippen LogP contribution in [0.4, 0.5) is 0 Å². The minimum atomic E-state index is -0.838. The molecular formula is C19H25NO9. The molecule has 5 unspecified atom stereocenters. The number of fused-ring (bicyclic) bond motifs is 3. The Kier molecular flexibility index (Phi) is 5.02. The summed E-state index contributed by atoms with van der Waals surface area (Å²) in [4.78, 5) is 36.2. The lowest BCUT2D eigenvalue weighted by molar-refractivity contribution is -0.242. The Morgan fingerprint density at radius 2 is 1.55 bits per heavy atom. The van der Waals surface area contributed by atoms with E-state index in [-0.39, 0.29) is 19.6 Å². The summed E-state index contributed by atoms with van der Waals surface area (Å²) in [6.45, 7) is 7.05. The van der Waals surface area contributed by atoms with Crippen LogP contribution in [0.5, 0.6) is 0 Å². The molecule has 0 bridgehead atoms. The quantitative estimate of drug-likeness (QED) is 0.464. The first-order valence-corrected chi connectivity index (χ1v) is 9.61. The van der Waals surface area contributed by atoms with E-state index in [1.807, 2.05) is 0 Å². The minimum Gasteiger partial charge on any atom is -0.463 e. The molecule has 5 atom stereocenters. The third kappa shape index (κ3) is 4.08. The molecule has 0 aromatic rings. The summed E-state index contributed by atoms with van der Waals surface area (Å²) in [7, 11) is 0. The van der Waals surface area contributed by atoms with Gasteiger partial charge in [-0.15, -0.1) is 0 Å². The maximum absolute atomic E-state index is 12.1. The second-order valence-electron chi connectivity index (χ2n) is 8.30. The summed E-state index contributed by atoms with van der Waals surface area (Å²) in [6, 6.07) is 0. The van der Waals surface area contributed by atoms with Crippen LogP contribution in [0.25, 0.3) is 0 Å². The van der Waals surface area contributed by atoms with Crippen LogP contribution in [-0.4, -0.2) is 78.1 Å². The van der Waals surface area contributed by atoms with E-state index in [4.69, 9.17) is 28.4 Å². The third-order valence-electron chi connectivity index (χ3n) is 5.10. The molecule has 0 aromatic heterocycles. The van der Waals surface area contributed by atoms with Gasteiger partial charge in [0.05, 0.1) is 6.42 Å². The highest BCUT2D eigenvalue weighted by Gasteiger charge is 2.60. The van der Waals surface area contributed by atoms with Crippen molar-refractivity contribution in [1.29, 1.82) is 0 Å². The maximum atomic E-state index is 12.1. The number of amides is 2. The first kappa shape index (κ1) is 20.4. The number of ether oxygens (including phenoxy) is 6. The molecule has 160 valence electrons. The number of hydrogen-bond acceptors (Lipinski definition) is 9. The molecule has 4 heterocycles. The monoisotopic (exact) mass is 411 g/mol. The predicted octanol–water partition coefficient (Wildman–Crippen LogP) is 0.241. The molecule has 0 spiro atoms. The zero-order valence-electron chi connectivity index (χ0n) is 16.8. The van der Waals surface area contributed by atoms with Crippen LogP contribution in [-0.2, 0) is 42.8 Å². The number of nitrogens with zero attached hydrogens (tertiary/aromatic N) is 1. The Morgan fingerprint density at radius 3 is 2.24 bits per heavy atom. The molecule has 0 saturated carbocycles. The van der Waals surface area contributed by atoms with Crippen LogP contribution in [0.15, 0.2) is 12.2 Å². The van der Waals surface area contributed by atoms with E-state index in [1.165, 1.54) is 12.2 Å². The highest BCUT2D eigenvalue weighted by molar-refractivity contribution is 6.12. The summed E-state index contributed by atoms with van der Waals surface area (Å²) < 4.78 is 35.0. The summed E-state index contributed by atoms with van der Waals surface area (Å²) in [5.74, 6) is -3.10. The number of carbonyl (C=O) groups is 3. The molecule has 4 rings (SSSR count). The second kappa shape index (κ2) is 7.13.